The molecule has 4 aromatic rings. The summed E-state index contributed by atoms with van der Waals surface area (Å²) in [6.45, 7) is 6.04. The maximum atomic E-state index is 11.2. The van der Waals surface area contributed by atoms with Crippen molar-refractivity contribution in [2.45, 2.75) is 20.8 Å². The molecule has 0 amide bonds. The second kappa shape index (κ2) is 7.01. The number of fused-ring (bicyclic) bond motifs is 1. The molecule has 1 N–H and O–H groups in total. The standard InChI is InChI=1S/C21H18N4O2S/c1-12-4-7-15(8-5-12)18-14(3)28-21-19(18)20(22-11-23-21)24-17-10-16(25(26)27)9-6-13(17)2/h4-11H,1-3H3,(H,22,23,24). The van der Waals surface area contributed by atoms with Crippen molar-refractivity contribution in [1.82, 2.24) is 9.97 Å². The Kier molecular flexibility index (Phi) is 4.52. The first kappa shape index (κ1) is 18.1. The van der Waals surface area contributed by atoms with Crippen LogP contribution in [0.15, 0.2) is 48.8 Å². The summed E-state index contributed by atoms with van der Waals surface area (Å²) in [4.78, 5) is 21.7. The maximum Gasteiger partial charge on any atom is 0.271 e. The maximum absolute atomic E-state index is 11.2. The molecule has 0 aliphatic carbocycles. The Morgan fingerprint density at radius 2 is 1.79 bits per heavy atom. The van der Waals surface area contributed by atoms with Crippen LogP contribution in [0.5, 0.6) is 0 Å². The largest absolute Gasteiger partial charge is 0.339 e. The number of nitro groups is 1. The Labute approximate surface area is 166 Å². The molecule has 28 heavy (non-hydrogen) atoms. The van der Waals surface area contributed by atoms with Crippen molar-refractivity contribution in [3.05, 3.63) is 74.9 Å². The third kappa shape index (κ3) is 3.20. The van der Waals surface area contributed by atoms with Crippen LogP contribution in [-0.2, 0) is 0 Å². The van der Waals surface area contributed by atoms with Crippen LogP contribution in [0.25, 0.3) is 21.3 Å². The van der Waals surface area contributed by atoms with Crippen molar-refractivity contribution in [2.24, 2.45) is 0 Å². The summed E-state index contributed by atoms with van der Waals surface area (Å²) in [6.07, 6.45) is 1.52. The number of benzene rings is 2. The number of hydrogen-bond acceptors (Lipinski definition) is 6. The van der Waals surface area contributed by atoms with E-state index in [9.17, 15) is 10.1 Å². The first-order valence-electron chi connectivity index (χ1n) is 8.77. The number of anilines is 2. The van der Waals surface area contributed by atoms with E-state index in [0.717, 1.165) is 31.8 Å². The van der Waals surface area contributed by atoms with Gasteiger partial charge in [0.1, 0.15) is 17.0 Å². The summed E-state index contributed by atoms with van der Waals surface area (Å²) >= 11 is 1.62. The first-order valence-corrected chi connectivity index (χ1v) is 9.59. The van der Waals surface area contributed by atoms with Gasteiger partial charge in [-0.25, -0.2) is 9.97 Å². The van der Waals surface area contributed by atoms with Crippen molar-refractivity contribution in [1.29, 1.82) is 0 Å². The molecule has 0 bridgehead atoms. The molecule has 0 saturated carbocycles. The van der Waals surface area contributed by atoms with Crippen LogP contribution in [0.4, 0.5) is 17.2 Å². The Morgan fingerprint density at radius 1 is 1.04 bits per heavy atom. The minimum atomic E-state index is -0.396. The van der Waals surface area contributed by atoms with Gasteiger partial charge in [0.25, 0.3) is 5.69 Å². The zero-order valence-electron chi connectivity index (χ0n) is 15.7. The van der Waals surface area contributed by atoms with E-state index in [-0.39, 0.29) is 5.69 Å². The second-order valence-electron chi connectivity index (χ2n) is 6.68. The van der Waals surface area contributed by atoms with E-state index in [0.29, 0.717) is 11.5 Å². The van der Waals surface area contributed by atoms with Crippen molar-refractivity contribution in [3.8, 4) is 11.1 Å². The Bertz CT molecular complexity index is 1200. The number of aromatic nitrogens is 2. The molecule has 0 aliphatic rings. The van der Waals surface area contributed by atoms with Crippen LogP contribution >= 0.6 is 11.3 Å². The molecule has 0 radical (unpaired) electrons. The van der Waals surface area contributed by atoms with E-state index in [2.05, 4.69) is 53.4 Å². The highest BCUT2D eigenvalue weighted by Crippen LogP contribution is 2.41. The fourth-order valence-corrected chi connectivity index (χ4v) is 4.21. The van der Waals surface area contributed by atoms with Crippen LogP contribution in [0, 0.1) is 30.9 Å². The van der Waals surface area contributed by atoms with Crippen molar-refractivity contribution in [3.63, 3.8) is 0 Å². The Balaban J connectivity index is 1.88. The lowest BCUT2D eigenvalue weighted by atomic mass is 10.0. The lowest BCUT2D eigenvalue weighted by Gasteiger charge is -2.11. The SMILES string of the molecule is Cc1ccc(-c2c(C)sc3ncnc(Nc4cc([N+](=O)[O-])ccc4C)c23)cc1. The van der Waals surface area contributed by atoms with Crippen molar-refractivity contribution < 1.29 is 4.92 Å². The lowest BCUT2D eigenvalue weighted by molar-refractivity contribution is -0.384. The molecule has 0 unspecified atom stereocenters. The monoisotopic (exact) mass is 390 g/mol. The molecule has 7 heteroatoms. The molecule has 4 rings (SSSR count). The van der Waals surface area contributed by atoms with Crippen LogP contribution in [-0.4, -0.2) is 14.9 Å². The highest BCUT2D eigenvalue weighted by molar-refractivity contribution is 7.19. The van der Waals surface area contributed by atoms with Crippen LogP contribution in [0.3, 0.4) is 0 Å². The number of nitrogens with zero attached hydrogens (tertiary/aromatic N) is 3. The molecule has 2 aromatic carbocycles. The average molecular weight is 390 g/mol. The summed E-state index contributed by atoms with van der Waals surface area (Å²) in [5, 5.41) is 15.4. The Hall–Kier alpha value is -3.32. The normalized spacial score (nSPS) is 11.0. The van der Waals surface area contributed by atoms with E-state index in [1.165, 1.54) is 24.0 Å². The van der Waals surface area contributed by atoms with E-state index in [1.807, 2.05) is 6.92 Å². The molecule has 0 saturated heterocycles. The number of hydrogen-bond donors (Lipinski definition) is 1. The molecule has 2 aromatic heterocycles. The molecule has 6 nitrogen and oxygen atoms in total. The average Bonchev–Trinajstić information content (AvgIpc) is 3.01. The predicted octanol–water partition coefficient (Wildman–Crippen LogP) is 5.94. The third-order valence-corrected chi connectivity index (χ3v) is 5.70. The summed E-state index contributed by atoms with van der Waals surface area (Å²) in [7, 11) is 0. The number of nitrogens with one attached hydrogen (secondary N) is 1. The third-order valence-electron chi connectivity index (χ3n) is 4.69. The molecule has 0 atom stereocenters. The molecule has 0 spiro atoms. The Morgan fingerprint density at radius 3 is 2.50 bits per heavy atom. The van der Waals surface area contributed by atoms with Crippen LogP contribution < -0.4 is 5.32 Å². The lowest BCUT2D eigenvalue weighted by Crippen LogP contribution is -1.99. The molecule has 0 aliphatic heterocycles. The fraction of sp³-hybridized carbons (Fsp3) is 0.143. The van der Waals surface area contributed by atoms with Crippen LogP contribution in [0.2, 0.25) is 0 Å². The van der Waals surface area contributed by atoms with E-state index in [4.69, 9.17) is 0 Å². The van der Waals surface area contributed by atoms with Gasteiger partial charge in [-0.3, -0.25) is 10.1 Å². The van der Waals surface area contributed by atoms with Gasteiger partial charge in [-0.2, -0.15) is 0 Å². The highest BCUT2D eigenvalue weighted by atomic mass is 32.1. The second-order valence-corrected chi connectivity index (χ2v) is 7.89. The van der Waals surface area contributed by atoms with Gasteiger partial charge in [0.05, 0.1) is 10.3 Å². The number of nitro benzene ring substituents is 1. The van der Waals surface area contributed by atoms with E-state index >= 15 is 0 Å². The highest BCUT2D eigenvalue weighted by Gasteiger charge is 2.18. The van der Waals surface area contributed by atoms with Crippen LogP contribution in [0.1, 0.15) is 16.0 Å². The summed E-state index contributed by atoms with van der Waals surface area (Å²) < 4.78 is 0. The minimum Gasteiger partial charge on any atom is -0.339 e. The summed E-state index contributed by atoms with van der Waals surface area (Å²) in [5.41, 5.74) is 4.99. The number of aryl methyl sites for hydroxylation is 3. The topological polar surface area (TPSA) is 81.0 Å². The molecule has 140 valence electrons. The van der Waals surface area contributed by atoms with Gasteiger partial charge in [-0.15, -0.1) is 11.3 Å². The van der Waals surface area contributed by atoms with Gasteiger partial charge in [0.2, 0.25) is 0 Å². The number of thiophene rings is 1. The number of rotatable bonds is 4. The van der Waals surface area contributed by atoms with Gasteiger partial charge < -0.3 is 5.32 Å². The minimum absolute atomic E-state index is 0.0404. The van der Waals surface area contributed by atoms with Gasteiger partial charge in [0, 0.05) is 28.3 Å². The van der Waals surface area contributed by atoms with Gasteiger partial charge in [-0.05, 0) is 31.9 Å². The molecule has 0 fully saturated rings. The summed E-state index contributed by atoms with van der Waals surface area (Å²) in [6, 6.07) is 13.1. The van der Waals surface area contributed by atoms with E-state index < -0.39 is 4.92 Å². The molecular weight excluding hydrogens is 372 g/mol. The zero-order chi connectivity index (χ0) is 19.8. The predicted molar refractivity (Wildman–Crippen MR) is 113 cm³/mol. The van der Waals surface area contributed by atoms with Gasteiger partial charge in [-0.1, -0.05) is 35.9 Å². The molecular formula is C21H18N4O2S. The molecule has 2 heterocycles. The summed E-state index contributed by atoms with van der Waals surface area (Å²) in [5.74, 6) is 0.647. The zero-order valence-corrected chi connectivity index (χ0v) is 16.5. The van der Waals surface area contributed by atoms with Gasteiger partial charge in [0.15, 0.2) is 0 Å². The van der Waals surface area contributed by atoms with Crippen molar-refractivity contribution in [2.75, 3.05) is 5.32 Å². The van der Waals surface area contributed by atoms with E-state index in [1.54, 1.807) is 17.4 Å². The fourth-order valence-electron chi connectivity index (χ4n) is 3.19. The van der Waals surface area contributed by atoms with Crippen molar-refractivity contribution >= 4 is 38.7 Å². The first-order chi connectivity index (χ1) is 13.4. The smallest absolute Gasteiger partial charge is 0.271 e. The van der Waals surface area contributed by atoms with Gasteiger partial charge >= 0.3 is 0 Å². The quantitative estimate of drug-likeness (QED) is 0.345. The number of non-ortho nitro benzene ring substituents is 1.